The average molecular weight is 352 g/mol. The van der Waals surface area contributed by atoms with Crippen LogP contribution in [0.25, 0.3) is 0 Å². The van der Waals surface area contributed by atoms with Crippen molar-refractivity contribution in [1.82, 2.24) is 18.5 Å². The molecule has 3 rings (SSSR count). The normalized spacial score (nSPS) is 20.4. The Bertz CT molecular complexity index is 651. The van der Waals surface area contributed by atoms with Gasteiger partial charge in [-0.2, -0.15) is 17.0 Å². The molecule has 0 saturated carbocycles. The maximum absolute atomic E-state index is 12.5. The summed E-state index contributed by atoms with van der Waals surface area (Å²) in [5, 5.41) is 0. The Labute approximate surface area is 143 Å². The van der Waals surface area contributed by atoms with E-state index in [0.717, 1.165) is 18.4 Å². The molecule has 0 aromatic carbocycles. The summed E-state index contributed by atoms with van der Waals surface area (Å²) in [7, 11) is -3.34. The Morgan fingerprint density at radius 2 is 1.54 bits per heavy atom. The number of rotatable bonds is 5. The Balaban J connectivity index is 1.48. The monoisotopic (exact) mass is 352 g/mol. The molecule has 2 aliphatic rings. The smallest absolute Gasteiger partial charge is 0.282 e. The van der Waals surface area contributed by atoms with Crippen LogP contribution in [0.1, 0.15) is 24.8 Å². The van der Waals surface area contributed by atoms with Gasteiger partial charge in [0.1, 0.15) is 0 Å². The number of hydrogen-bond donors (Lipinski definition) is 0. The van der Waals surface area contributed by atoms with Crippen LogP contribution in [0.4, 0.5) is 0 Å². The van der Waals surface area contributed by atoms with Crippen LogP contribution in [-0.4, -0.2) is 72.1 Å². The lowest BCUT2D eigenvalue weighted by molar-refractivity contribution is -0.132. The summed E-state index contributed by atoms with van der Waals surface area (Å²) in [4.78, 5) is 18.1. The summed E-state index contributed by atoms with van der Waals surface area (Å²) in [6.45, 7) is 2.96. The van der Waals surface area contributed by atoms with Gasteiger partial charge in [-0.15, -0.1) is 0 Å². The molecule has 1 aromatic rings. The third-order valence-corrected chi connectivity index (χ3v) is 6.72. The number of nitrogens with zero attached hydrogens (tertiary/aromatic N) is 4. The number of carbonyl (C=O) groups is 1. The van der Waals surface area contributed by atoms with Crippen LogP contribution in [0.15, 0.2) is 24.5 Å². The van der Waals surface area contributed by atoms with E-state index in [-0.39, 0.29) is 5.91 Å². The van der Waals surface area contributed by atoms with Gasteiger partial charge < -0.3 is 4.90 Å². The first-order valence-electron chi connectivity index (χ1n) is 8.49. The van der Waals surface area contributed by atoms with Gasteiger partial charge in [-0.25, -0.2) is 0 Å². The van der Waals surface area contributed by atoms with E-state index in [0.29, 0.717) is 52.1 Å². The topological polar surface area (TPSA) is 73.8 Å². The lowest BCUT2D eigenvalue weighted by Gasteiger charge is -2.35. The van der Waals surface area contributed by atoms with Gasteiger partial charge in [0, 0.05) is 58.1 Å². The fraction of sp³-hybridized carbons (Fsp3) is 0.625. The molecule has 0 radical (unpaired) electrons. The number of aryl methyl sites for hydroxylation is 1. The molecule has 0 N–H and O–H groups in total. The highest BCUT2D eigenvalue weighted by atomic mass is 32.2. The predicted molar refractivity (Wildman–Crippen MR) is 90.4 cm³/mol. The highest BCUT2D eigenvalue weighted by molar-refractivity contribution is 7.86. The third kappa shape index (κ3) is 3.93. The molecule has 1 aromatic heterocycles. The molecule has 2 fully saturated rings. The van der Waals surface area contributed by atoms with E-state index in [2.05, 4.69) is 4.98 Å². The first kappa shape index (κ1) is 17.3. The van der Waals surface area contributed by atoms with Crippen molar-refractivity contribution < 1.29 is 13.2 Å². The second-order valence-electron chi connectivity index (χ2n) is 6.25. The van der Waals surface area contributed by atoms with Crippen LogP contribution in [0.3, 0.4) is 0 Å². The molecule has 0 atom stereocenters. The van der Waals surface area contributed by atoms with Crippen molar-refractivity contribution in [2.45, 2.75) is 25.7 Å². The second-order valence-corrected chi connectivity index (χ2v) is 8.18. The zero-order chi connectivity index (χ0) is 17.0. The molecule has 2 aliphatic heterocycles. The molecule has 132 valence electrons. The van der Waals surface area contributed by atoms with Gasteiger partial charge in [0.25, 0.3) is 10.2 Å². The quantitative estimate of drug-likeness (QED) is 0.773. The second kappa shape index (κ2) is 7.58. The van der Waals surface area contributed by atoms with Crippen LogP contribution in [-0.2, 0) is 21.4 Å². The number of pyridine rings is 1. The van der Waals surface area contributed by atoms with Crippen molar-refractivity contribution in [2.75, 3.05) is 39.3 Å². The highest BCUT2D eigenvalue weighted by Crippen LogP contribution is 2.18. The number of aromatic nitrogens is 1. The van der Waals surface area contributed by atoms with Crippen molar-refractivity contribution in [1.29, 1.82) is 0 Å². The van der Waals surface area contributed by atoms with Gasteiger partial charge in [0.05, 0.1) is 0 Å². The molecule has 7 nitrogen and oxygen atoms in total. The minimum atomic E-state index is -3.34. The van der Waals surface area contributed by atoms with Crippen LogP contribution in [0.2, 0.25) is 0 Å². The first-order valence-corrected chi connectivity index (χ1v) is 9.89. The van der Waals surface area contributed by atoms with Gasteiger partial charge in [-0.3, -0.25) is 9.78 Å². The summed E-state index contributed by atoms with van der Waals surface area (Å²) in [5.74, 6) is 0.0880. The Morgan fingerprint density at radius 3 is 2.17 bits per heavy atom. The minimum absolute atomic E-state index is 0.0880. The van der Waals surface area contributed by atoms with Gasteiger partial charge in [0.15, 0.2) is 0 Å². The van der Waals surface area contributed by atoms with E-state index in [4.69, 9.17) is 0 Å². The SMILES string of the molecule is O=C(CCc1ccncc1)N1CCN(S(=O)(=O)N2CCCC2)CC1. The molecule has 0 bridgehead atoms. The minimum Gasteiger partial charge on any atom is -0.340 e. The predicted octanol–water partition coefficient (Wildman–Crippen LogP) is 0.499. The molecular weight excluding hydrogens is 328 g/mol. The molecule has 0 spiro atoms. The summed E-state index contributed by atoms with van der Waals surface area (Å²) in [6, 6.07) is 3.82. The highest BCUT2D eigenvalue weighted by Gasteiger charge is 2.34. The number of piperazine rings is 1. The number of amides is 1. The largest absolute Gasteiger partial charge is 0.340 e. The van der Waals surface area contributed by atoms with Crippen molar-refractivity contribution in [3.05, 3.63) is 30.1 Å². The van der Waals surface area contributed by atoms with Crippen LogP contribution in [0.5, 0.6) is 0 Å². The van der Waals surface area contributed by atoms with Gasteiger partial charge in [0.2, 0.25) is 5.91 Å². The zero-order valence-electron chi connectivity index (χ0n) is 13.8. The fourth-order valence-corrected chi connectivity index (χ4v) is 4.88. The molecule has 2 saturated heterocycles. The maximum Gasteiger partial charge on any atom is 0.282 e. The van der Waals surface area contributed by atoms with Crippen LogP contribution >= 0.6 is 0 Å². The first-order chi connectivity index (χ1) is 11.6. The number of hydrogen-bond acceptors (Lipinski definition) is 4. The summed E-state index contributed by atoms with van der Waals surface area (Å²) in [5.41, 5.74) is 1.09. The lowest BCUT2D eigenvalue weighted by Crippen LogP contribution is -2.53. The van der Waals surface area contributed by atoms with Crippen LogP contribution in [0, 0.1) is 0 Å². The van der Waals surface area contributed by atoms with Gasteiger partial charge in [-0.1, -0.05) is 0 Å². The molecule has 3 heterocycles. The molecule has 0 aliphatic carbocycles. The maximum atomic E-state index is 12.5. The van der Waals surface area contributed by atoms with E-state index in [1.165, 1.54) is 4.31 Å². The lowest BCUT2D eigenvalue weighted by atomic mass is 10.1. The molecule has 8 heteroatoms. The number of carbonyl (C=O) groups excluding carboxylic acids is 1. The summed E-state index contributed by atoms with van der Waals surface area (Å²) in [6.07, 6.45) is 6.46. The van der Waals surface area contributed by atoms with E-state index in [9.17, 15) is 13.2 Å². The van der Waals surface area contributed by atoms with E-state index < -0.39 is 10.2 Å². The van der Waals surface area contributed by atoms with E-state index in [1.54, 1.807) is 21.6 Å². The standard InChI is InChI=1S/C16H24N4O3S/c21-16(4-3-15-5-7-17-8-6-15)18-11-13-20(14-12-18)24(22,23)19-9-1-2-10-19/h5-8H,1-4,9-14H2. The zero-order valence-corrected chi connectivity index (χ0v) is 14.6. The van der Waals surface area contributed by atoms with E-state index >= 15 is 0 Å². The molecule has 1 amide bonds. The molecule has 0 unspecified atom stereocenters. The van der Waals surface area contributed by atoms with Crippen LogP contribution < -0.4 is 0 Å². The Kier molecular flexibility index (Phi) is 5.47. The summed E-state index contributed by atoms with van der Waals surface area (Å²) < 4.78 is 28.1. The van der Waals surface area contributed by atoms with Gasteiger partial charge >= 0.3 is 0 Å². The third-order valence-electron chi connectivity index (χ3n) is 4.69. The Morgan fingerprint density at radius 1 is 0.958 bits per heavy atom. The summed E-state index contributed by atoms with van der Waals surface area (Å²) >= 11 is 0. The molecular formula is C16H24N4O3S. The van der Waals surface area contributed by atoms with E-state index in [1.807, 2.05) is 12.1 Å². The average Bonchev–Trinajstić information content (AvgIpc) is 3.16. The van der Waals surface area contributed by atoms with Gasteiger partial charge in [-0.05, 0) is 37.0 Å². The van der Waals surface area contributed by atoms with Crippen molar-refractivity contribution >= 4 is 16.1 Å². The van der Waals surface area contributed by atoms with Crippen molar-refractivity contribution in [3.63, 3.8) is 0 Å². The molecule has 24 heavy (non-hydrogen) atoms. The fourth-order valence-electron chi connectivity index (χ4n) is 3.21. The van der Waals surface area contributed by atoms with Crippen molar-refractivity contribution in [3.8, 4) is 0 Å². The Hall–Kier alpha value is -1.51. The van der Waals surface area contributed by atoms with Crippen molar-refractivity contribution in [2.24, 2.45) is 0 Å².